The van der Waals surface area contributed by atoms with Gasteiger partial charge in [0.1, 0.15) is 5.65 Å². The molecule has 31 heavy (non-hydrogen) atoms. The molecule has 6 heteroatoms. The van der Waals surface area contributed by atoms with Crippen molar-refractivity contribution in [1.82, 2.24) is 9.55 Å². The zero-order valence-electron chi connectivity index (χ0n) is 19.5. The molecule has 0 amide bonds. The molecule has 0 aliphatic carbocycles. The number of aliphatic carboxylic acids is 1. The van der Waals surface area contributed by atoms with Crippen molar-refractivity contribution in [2.45, 2.75) is 73.1 Å². The van der Waals surface area contributed by atoms with Gasteiger partial charge in [0.05, 0.1) is 5.60 Å². The minimum Gasteiger partial charge on any atom is -0.479 e. The van der Waals surface area contributed by atoms with Crippen LogP contribution < -0.4 is 0 Å². The van der Waals surface area contributed by atoms with Crippen LogP contribution in [0.25, 0.3) is 22.2 Å². The quantitative estimate of drug-likeness (QED) is 0.471. The Kier molecular flexibility index (Phi) is 6.23. The summed E-state index contributed by atoms with van der Waals surface area (Å²) >= 11 is 6.16. The zero-order valence-corrected chi connectivity index (χ0v) is 20.3. The van der Waals surface area contributed by atoms with Crippen molar-refractivity contribution in [1.29, 1.82) is 0 Å². The predicted octanol–water partition coefficient (Wildman–Crippen LogP) is 6.80. The fourth-order valence-corrected chi connectivity index (χ4v) is 4.33. The molecule has 0 aliphatic rings. The normalized spacial score (nSPS) is 13.2. The number of rotatable bonds is 5. The SMILES string of the molecule is Cc1nc2c(c(C)c(C)n2C(C)C)c(-c2ccc(Cl)cc2)c1C(OC(C)(C)C)C(=O)O. The number of ether oxygens (including phenoxy) is 1. The Bertz CT molecular complexity index is 1140. The van der Waals surface area contributed by atoms with Gasteiger partial charge in [0.25, 0.3) is 0 Å². The van der Waals surface area contributed by atoms with Gasteiger partial charge in [-0.25, -0.2) is 9.78 Å². The van der Waals surface area contributed by atoms with E-state index in [1.165, 1.54) is 0 Å². The Balaban J connectivity index is 2.51. The van der Waals surface area contributed by atoms with Crippen LogP contribution in [0.3, 0.4) is 0 Å². The maximum absolute atomic E-state index is 12.4. The van der Waals surface area contributed by atoms with Gasteiger partial charge < -0.3 is 14.4 Å². The average molecular weight is 443 g/mol. The van der Waals surface area contributed by atoms with E-state index >= 15 is 0 Å². The Labute approximate surface area is 189 Å². The summed E-state index contributed by atoms with van der Waals surface area (Å²) in [6.07, 6.45) is -1.15. The standard InChI is InChI=1S/C25H31ClN2O3/c1-13(2)28-16(5)14(3)19-21(17-9-11-18(26)12-10-17)20(15(4)27-23(19)28)22(24(29)30)31-25(6,7)8/h9-13,22H,1-8H3,(H,29,30). The number of benzene rings is 1. The number of carboxylic acid groups (broad SMARTS) is 1. The third-order valence-corrected chi connectivity index (χ3v) is 5.77. The van der Waals surface area contributed by atoms with E-state index in [9.17, 15) is 9.90 Å². The summed E-state index contributed by atoms with van der Waals surface area (Å²) in [5.74, 6) is -1.04. The molecule has 0 bridgehead atoms. The summed E-state index contributed by atoms with van der Waals surface area (Å²) in [6.45, 7) is 15.8. The smallest absolute Gasteiger partial charge is 0.337 e. The molecule has 1 unspecified atom stereocenters. The Hall–Kier alpha value is -2.37. The Morgan fingerprint density at radius 3 is 2.19 bits per heavy atom. The van der Waals surface area contributed by atoms with E-state index in [1.807, 2.05) is 52.0 Å². The van der Waals surface area contributed by atoms with Crippen LogP contribution >= 0.6 is 11.6 Å². The monoisotopic (exact) mass is 442 g/mol. The lowest BCUT2D eigenvalue weighted by molar-refractivity contribution is -0.160. The summed E-state index contributed by atoms with van der Waals surface area (Å²) in [6, 6.07) is 7.72. The third kappa shape index (κ3) is 4.35. The molecule has 3 aromatic rings. The van der Waals surface area contributed by atoms with Gasteiger partial charge in [0.2, 0.25) is 0 Å². The number of halogens is 1. The van der Waals surface area contributed by atoms with E-state index in [2.05, 4.69) is 32.3 Å². The van der Waals surface area contributed by atoms with E-state index in [1.54, 1.807) is 0 Å². The highest BCUT2D eigenvalue weighted by Crippen LogP contribution is 2.42. The van der Waals surface area contributed by atoms with E-state index in [-0.39, 0.29) is 6.04 Å². The maximum atomic E-state index is 12.4. The van der Waals surface area contributed by atoms with Crippen molar-refractivity contribution in [2.24, 2.45) is 0 Å². The van der Waals surface area contributed by atoms with Gasteiger partial charge in [-0.3, -0.25) is 0 Å². The van der Waals surface area contributed by atoms with E-state index in [0.29, 0.717) is 16.3 Å². The molecule has 0 radical (unpaired) electrons. The Morgan fingerprint density at radius 2 is 1.71 bits per heavy atom. The van der Waals surface area contributed by atoms with E-state index in [4.69, 9.17) is 21.3 Å². The highest BCUT2D eigenvalue weighted by Gasteiger charge is 2.33. The number of aryl methyl sites for hydroxylation is 2. The van der Waals surface area contributed by atoms with Gasteiger partial charge in [-0.2, -0.15) is 0 Å². The minimum atomic E-state index is -1.15. The van der Waals surface area contributed by atoms with Crippen molar-refractivity contribution in [3.05, 3.63) is 51.8 Å². The highest BCUT2D eigenvalue weighted by molar-refractivity contribution is 6.30. The van der Waals surface area contributed by atoms with E-state index in [0.717, 1.165) is 33.4 Å². The van der Waals surface area contributed by atoms with Crippen molar-refractivity contribution < 1.29 is 14.6 Å². The first-order valence-corrected chi connectivity index (χ1v) is 10.9. The number of hydrogen-bond donors (Lipinski definition) is 1. The molecule has 0 saturated heterocycles. The molecule has 1 aromatic carbocycles. The highest BCUT2D eigenvalue weighted by atomic mass is 35.5. The summed E-state index contributed by atoms with van der Waals surface area (Å²) in [7, 11) is 0. The lowest BCUT2D eigenvalue weighted by Gasteiger charge is -2.28. The predicted molar refractivity (Wildman–Crippen MR) is 126 cm³/mol. The zero-order chi connectivity index (χ0) is 23.2. The van der Waals surface area contributed by atoms with Crippen LogP contribution in [0.5, 0.6) is 0 Å². The van der Waals surface area contributed by atoms with Gasteiger partial charge in [-0.15, -0.1) is 0 Å². The lowest BCUT2D eigenvalue weighted by atomic mass is 9.91. The second kappa shape index (κ2) is 8.29. The lowest BCUT2D eigenvalue weighted by Crippen LogP contribution is -2.28. The molecule has 1 N–H and O–H groups in total. The van der Waals surface area contributed by atoms with E-state index < -0.39 is 17.7 Å². The summed E-state index contributed by atoms with van der Waals surface area (Å²) < 4.78 is 8.26. The minimum absolute atomic E-state index is 0.216. The number of hydrogen-bond acceptors (Lipinski definition) is 3. The van der Waals surface area contributed by atoms with Crippen molar-refractivity contribution in [3.63, 3.8) is 0 Å². The molecule has 0 saturated carbocycles. The second-order valence-corrected chi connectivity index (χ2v) is 9.75. The van der Waals surface area contributed by atoms with Crippen LogP contribution in [0.15, 0.2) is 24.3 Å². The third-order valence-electron chi connectivity index (χ3n) is 5.52. The molecule has 0 fully saturated rings. The number of carboxylic acids is 1. The van der Waals surface area contributed by atoms with Crippen LogP contribution in [-0.4, -0.2) is 26.2 Å². The second-order valence-electron chi connectivity index (χ2n) is 9.31. The molecule has 2 aromatic heterocycles. The Morgan fingerprint density at radius 1 is 1.13 bits per heavy atom. The van der Waals surface area contributed by atoms with Crippen LogP contribution in [0.4, 0.5) is 0 Å². The fourth-order valence-electron chi connectivity index (χ4n) is 4.21. The van der Waals surface area contributed by atoms with Gasteiger partial charge in [-0.05, 0) is 78.6 Å². The molecular weight excluding hydrogens is 412 g/mol. The van der Waals surface area contributed by atoms with Crippen LogP contribution in [0.2, 0.25) is 5.02 Å². The molecule has 0 aliphatic heterocycles. The summed E-state index contributed by atoms with van der Waals surface area (Å²) in [5.41, 5.74) is 5.39. The first kappa shape index (κ1) is 23.3. The number of carbonyl (C=O) groups is 1. The first-order chi connectivity index (χ1) is 14.3. The molecule has 3 rings (SSSR count). The average Bonchev–Trinajstić information content (AvgIpc) is 2.89. The van der Waals surface area contributed by atoms with Gasteiger partial charge in [0.15, 0.2) is 6.10 Å². The molecule has 2 heterocycles. The molecule has 0 spiro atoms. The molecular formula is C25H31ClN2O3. The fraction of sp³-hybridized carbons (Fsp3) is 0.440. The number of pyridine rings is 1. The number of fused-ring (bicyclic) bond motifs is 1. The molecule has 1 atom stereocenters. The summed E-state index contributed by atoms with van der Waals surface area (Å²) in [4.78, 5) is 17.3. The molecule has 166 valence electrons. The first-order valence-electron chi connectivity index (χ1n) is 10.5. The van der Waals surface area contributed by atoms with Crippen molar-refractivity contribution in [2.75, 3.05) is 0 Å². The van der Waals surface area contributed by atoms with Crippen LogP contribution in [-0.2, 0) is 9.53 Å². The van der Waals surface area contributed by atoms with Crippen LogP contribution in [0.1, 0.15) is 69.3 Å². The van der Waals surface area contributed by atoms with Crippen LogP contribution in [0, 0.1) is 20.8 Å². The maximum Gasteiger partial charge on any atom is 0.337 e. The van der Waals surface area contributed by atoms with Gasteiger partial charge in [-0.1, -0.05) is 23.7 Å². The largest absolute Gasteiger partial charge is 0.479 e. The molecule has 5 nitrogen and oxygen atoms in total. The number of aromatic nitrogens is 2. The topological polar surface area (TPSA) is 64.4 Å². The van der Waals surface area contributed by atoms with Gasteiger partial charge in [0, 0.05) is 39.0 Å². The van der Waals surface area contributed by atoms with Crippen molar-refractivity contribution >= 4 is 28.6 Å². The van der Waals surface area contributed by atoms with Crippen molar-refractivity contribution in [3.8, 4) is 11.1 Å². The number of nitrogens with zero attached hydrogens (tertiary/aromatic N) is 2. The van der Waals surface area contributed by atoms with Gasteiger partial charge >= 0.3 is 5.97 Å². The summed E-state index contributed by atoms with van der Waals surface area (Å²) in [5, 5.41) is 11.7.